The van der Waals surface area contributed by atoms with Gasteiger partial charge in [0.2, 0.25) is 5.91 Å². The Bertz CT molecular complexity index is 500. The average Bonchev–Trinajstić information content (AvgIpc) is 2.45. The molecule has 2 N–H and O–H groups in total. The molecule has 0 bridgehead atoms. The van der Waals surface area contributed by atoms with Gasteiger partial charge in [-0.3, -0.25) is 9.59 Å². The van der Waals surface area contributed by atoms with Crippen molar-refractivity contribution in [3.63, 3.8) is 0 Å². The van der Waals surface area contributed by atoms with Crippen molar-refractivity contribution in [2.24, 2.45) is 0 Å². The number of carboxylic acid groups (broad SMARTS) is 1. The van der Waals surface area contributed by atoms with E-state index in [0.29, 0.717) is 19.4 Å². The monoisotopic (exact) mass is 313 g/mol. The second kappa shape index (κ2) is 9.12. The predicted octanol–water partition coefficient (Wildman–Crippen LogP) is 3.22. The van der Waals surface area contributed by atoms with Crippen molar-refractivity contribution in [3.8, 4) is 0 Å². The molecule has 4 nitrogen and oxygen atoms in total. The van der Waals surface area contributed by atoms with Crippen LogP contribution >= 0.6 is 0 Å². The fourth-order valence-corrected chi connectivity index (χ4v) is 2.17. The number of carbonyl (C=O) groups is 2. The lowest BCUT2D eigenvalue weighted by molar-refractivity contribution is -0.137. The Labute approximate surface area is 128 Å². The number of unbranched alkanes of at least 4 members (excludes halogenated alkanes) is 3. The molecule has 6 heteroatoms. The standard InChI is InChI=1S/C16H21F2NO3/c1-11(15-12(17)7-6-8-13(15)18)16(22)19-10-5-3-2-4-9-14(20)21/h6-8,11H,2-5,9-10H2,1H3,(H,19,22)(H,20,21). The molecule has 1 aromatic carbocycles. The van der Waals surface area contributed by atoms with Crippen LogP contribution in [-0.2, 0) is 9.59 Å². The number of hydrogen-bond donors (Lipinski definition) is 2. The summed E-state index contributed by atoms with van der Waals surface area (Å²) in [5, 5.41) is 11.1. The van der Waals surface area contributed by atoms with E-state index in [1.807, 2.05) is 0 Å². The minimum absolute atomic E-state index is 0.149. The third kappa shape index (κ3) is 5.79. The zero-order chi connectivity index (χ0) is 16.5. The summed E-state index contributed by atoms with van der Waals surface area (Å²) in [6.07, 6.45) is 3.05. The molecule has 0 spiro atoms. The Morgan fingerprint density at radius 2 is 1.73 bits per heavy atom. The number of carboxylic acids is 1. The molecule has 22 heavy (non-hydrogen) atoms. The molecule has 0 aliphatic rings. The SMILES string of the molecule is CC(C(=O)NCCCCCCC(=O)O)c1c(F)cccc1F. The van der Waals surface area contributed by atoms with E-state index in [4.69, 9.17) is 5.11 Å². The molecule has 0 radical (unpaired) electrons. The minimum Gasteiger partial charge on any atom is -0.481 e. The third-order valence-corrected chi connectivity index (χ3v) is 3.44. The van der Waals surface area contributed by atoms with Gasteiger partial charge in [0.15, 0.2) is 0 Å². The number of nitrogens with one attached hydrogen (secondary N) is 1. The van der Waals surface area contributed by atoms with Gasteiger partial charge in [-0.15, -0.1) is 0 Å². The number of rotatable bonds is 9. The zero-order valence-electron chi connectivity index (χ0n) is 12.6. The fraction of sp³-hybridized carbons (Fsp3) is 0.500. The molecule has 1 atom stereocenters. The summed E-state index contributed by atoms with van der Waals surface area (Å²) in [6, 6.07) is 3.52. The van der Waals surface area contributed by atoms with Gasteiger partial charge in [0, 0.05) is 18.5 Å². The first-order valence-electron chi connectivity index (χ1n) is 7.37. The summed E-state index contributed by atoms with van der Waals surface area (Å²) in [5.41, 5.74) is -0.221. The highest BCUT2D eigenvalue weighted by atomic mass is 19.1. The Morgan fingerprint density at radius 3 is 2.32 bits per heavy atom. The van der Waals surface area contributed by atoms with Crippen molar-refractivity contribution in [1.82, 2.24) is 5.32 Å². The molecular formula is C16H21F2NO3. The van der Waals surface area contributed by atoms with Gasteiger partial charge in [0.05, 0.1) is 5.92 Å². The van der Waals surface area contributed by atoms with Crippen LogP contribution in [0.1, 0.15) is 50.5 Å². The van der Waals surface area contributed by atoms with Crippen molar-refractivity contribution in [2.75, 3.05) is 6.54 Å². The summed E-state index contributed by atoms with van der Waals surface area (Å²) in [6.45, 7) is 1.87. The van der Waals surface area contributed by atoms with E-state index in [0.717, 1.165) is 25.0 Å². The molecular weight excluding hydrogens is 292 g/mol. The number of amides is 1. The third-order valence-electron chi connectivity index (χ3n) is 3.44. The molecule has 122 valence electrons. The van der Waals surface area contributed by atoms with Gasteiger partial charge in [0.1, 0.15) is 11.6 Å². The molecule has 0 heterocycles. The molecule has 1 rings (SSSR count). The van der Waals surface area contributed by atoms with E-state index in [2.05, 4.69) is 5.32 Å². The molecule has 1 aromatic rings. The highest BCUT2D eigenvalue weighted by Crippen LogP contribution is 2.22. The molecule has 1 unspecified atom stereocenters. The number of carbonyl (C=O) groups excluding carboxylic acids is 1. The van der Waals surface area contributed by atoms with E-state index < -0.39 is 29.4 Å². The van der Waals surface area contributed by atoms with Crippen LogP contribution in [0.5, 0.6) is 0 Å². The van der Waals surface area contributed by atoms with Crippen LogP contribution in [0, 0.1) is 11.6 Å². The number of halogens is 2. The van der Waals surface area contributed by atoms with Crippen LogP contribution in [0.15, 0.2) is 18.2 Å². The first-order valence-corrected chi connectivity index (χ1v) is 7.37. The van der Waals surface area contributed by atoms with Crippen molar-refractivity contribution in [1.29, 1.82) is 0 Å². The van der Waals surface area contributed by atoms with Crippen molar-refractivity contribution < 1.29 is 23.5 Å². The summed E-state index contributed by atoms with van der Waals surface area (Å²) < 4.78 is 27.2. The summed E-state index contributed by atoms with van der Waals surface area (Å²) in [7, 11) is 0. The van der Waals surface area contributed by atoms with Crippen LogP contribution in [0.2, 0.25) is 0 Å². The molecule has 0 aliphatic carbocycles. The lowest BCUT2D eigenvalue weighted by Gasteiger charge is -2.14. The second-order valence-corrected chi connectivity index (χ2v) is 5.21. The maximum atomic E-state index is 13.6. The van der Waals surface area contributed by atoms with Crippen molar-refractivity contribution in [3.05, 3.63) is 35.4 Å². The Kier molecular flexibility index (Phi) is 7.49. The van der Waals surface area contributed by atoms with E-state index in [9.17, 15) is 18.4 Å². The minimum atomic E-state index is -0.895. The van der Waals surface area contributed by atoms with Gasteiger partial charge in [-0.2, -0.15) is 0 Å². The Balaban J connectivity index is 2.32. The van der Waals surface area contributed by atoms with Crippen molar-refractivity contribution >= 4 is 11.9 Å². The molecule has 0 aliphatic heterocycles. The number of benzene rings is 1. The summed E-state index contributed by atoms with van der Waals surface area (Å²) >= 11 is 0. The molecule has 0 aromatic heterocycles. The highest BCUT2D eigenvalue weighted by Gasteiger charge is 2.21. The summed E-state index contributed by atoms with van der Waals surface area (Å²) in [4.78, 5) is 22.2. The first-order chi connectivity index (χ1) is 10.4. The van der Waals surface area contributed by atoms with E-state index in [-0.39, 0.29) is 12.0 Å². The molecule has 0 saturated heterocycles. The number of hydrogen-bond acceptors (Lipinski definition) is 2. The van der Waals surface area contributed by atoms with Gasteiger partial charge in [-0.25, -0.2) is 8.78 Å². The Hall–Kier alpha value is -1.98. The second-order valence-electron chi connectivity index (χ2n) is 5.21. The largest absolute Gasteiger partial charge is 0.481 e. The van der Waals surface area contributed by atoms with Crippen LogP contribution < -0.4 is 5.32 Å². The highest BCUT2D eigenvalue weighted by molar-refractivity contribution is 5.83. The van der Waals surface area contributed by atoms with Gasteiger partial charge >= 0.3 is 5.97 Å². The quantitative estimate of drug-likeness (QED) is 0.688. The van der Waals surface area contributed by atoms with E-state index >= 15 is 0 Å². The molecule has 1 amide bonds. The van der Waals surface area contributed by atoms with Gasteiger partial charge in [-0.05, 0) is 31.9 Å². The Morgan fingerprint density at radius 1 is 1.14 bits per heavy atom. The number of aliphatic carboxylic acids is 1. The van der Waals surface area contributed by atoms with Crippen molar-refractivity contribution in [2.45, 2.75) is 44.9 Å². The first kappa shape index (κ1) is 18.1. The normalized spacial score (nSPS) is 12.0. The molecule has 0 saturated carbocycles. The van der Waals surface area contributed by atoms with E-state index in [1.54, 1.807) is 0 Å². The van der Waals surface area contributed by atoms with Gasteiger partial charge in [0.25, 0.3) is 0 Å². The van der Waals surface area contributed by atoms with Gasteiger partial charge < -0.3 is 10.4 Å². The van der Waals surface area contributed by atoms with Crippen LogP contribution in [0.25, 0.3) is 0 Å². The summed E-state index contributed by atoms with van der Waals surface area (Å²) in [5.74, 6) is -3.58. The zero-order valence-corrected chi connectivity index (χ0v) is 12.6. The van der Waals surface area contributed by atoms with Gasteiger partial charge in [-0.1, -0.05) is 18.9 Å². The van der Waals surface area contributed by atoms with E-state index in [1.165, 1.54) is 13.0 Å². The van der Waals surface area contributed by atoms with Crippen LogP contribution in [0.3, 0.4) is 0 Å². The maximum Gasteiger partial charge on any atom is 0.303 e. The maximum absolute atomic E-state index is 13.6. The fourth-order valence-electron chi connectivity index (χ4n) is 2.17. The molecule has 0 fully saturated rings. The smallest absolute Gasteiger partial charge is 0.303 e. The lowest BCUT2D eigenvalue weighted by Crippen LogP contribution is -2.29. The van der Waals surface area contributed by atoms with Crippen LogP contribution in [-0.4, -0.2) is 23.5 Å². The van der Waals surface area contributed by atoms with Crippen LogP contribution in [0.4, 0.5) is 8.78 Å². The predicted molar refractivity (Wildman–Crippen MR) is 78.5 cm³/mol. The topological polar surface area (TPSA) is 66.4 Å². The average molecular weight is 313 g/mol. The lowest BCUT2D eigenvalue weighted by atomic mass is 9.99.